The van der Waals surface area contributed by atoms with E-state index < -0.39 is 0 Å². The average Bonchev–Trinajstić information content (AvgIpc) is 2.53. The lowest BCUT2D eigenvalue weighted by Crippen LogP contribution is -2.36. The van der Waals surface area contributed by atoms with Crippen molar-refractivity contribution in [2.75, 3.05) is 32.8 Å². The van der Waals surface area contributed by atoms with Crippen LogP contribution in [0.5, 0.6) is 11.5 Å². The minimum Gasteiger partial charge on any atom is -0.493 e. The van der Waals surface area contributed by atoms with Crippen LogP contribution in [0.4, 0.5) is 10.5 Å². The number of benzene rings is 1. The van der Waals surface area contributed by atoms with E-state index in [1.807, 2.05) is 6.92 Å². The Bertz CT molecular complexity index is 506. The number of ether oxygens (including phenoxy) is 3. The van der Waals surface area contributed by atoms with Crippen molar-refractivity contribution >= 4 is 11.7 Å². The second-order valence-electron chi connectivity index (χ2n) is 6.18. The molecule has 24 heavy (non-hydrogen) atoms. The summed E-state index contributed by atoms with van der Waals surface area (Å²) in [5.74, 6) is 1.81. The summed E-state index contributed by atoms with van der Waals surface area (Å²) in [6, 6.07) is 5.19. The normalized spacial score (nSPS) is 11.9. The highest BCUT2D eigenvalue weighted by molar-refractivity contribution is 5.89. The Labute approximate surface area is 144 Å². The molecule has 6 heteroatoms. The first-order chi connectivity index (χ1) is 11.5. The lowest BCUT2D eigenvalue weighted by molar-refractivity contribution is 0.144. The zero-order chi connectivity index (χ0) is 17.9. The quantitative estimate of drug-likeness (QED) is 0.639. The Hall–Kier alpha value is -1.95. The van der Waals surface area contributed by atoms with Gasteiger partial charge in [-0.3, -0.25) is 0 Å². The van der Waals surface area contributed by atoms with Crippen molar-refractivity contribution in [3.05, 3.63) is 18.2 Å². The Morgan fingerprint density at radius 3 is 2.46 bits per heavy atom. The maximum atomic E-state index is 12.1. The number of hydrogen-bond acceptors (Lipinski definition) is 4. The molecular formula is C18H30N2O4. The number of carbonyl (C=O) groups is 1. The molecule has 0 fully saturated rings. The Morgan fingerprint density at radius 1 is 1.08 bits per heavy atom. The van der Waals surface area contributed by atoms with Crippen LogP contribution in [0.1, 0.15) is 33.6 Å². The van der Waals surface area contributed by atoms with E-state index in [0.29, 0.717) is 36.3 Å². The van der Waals surface area contributed by atoms with Crippen molar-refractivity contribution in [3.8, 4) is 11.5 Å². The van der Waals surface area contributed by atoms with Crippen LogP contribution < -0.4 is 20.1 Å². The van der Waals surface area contributed by atoms with Gasteiger partial charge in [0.15, 0.2) is 11.5 Å². The van der Waals surface area contributed by atoms with E-state index in [-0.39, 0.29) is 12.1 Å². The number of rotatable bonds is 10. The third-order valence-electron chi connectivity index (χ3n) is 3.52. The minimum absolute atomic E-state index is 0.128. The first-order valence-corrected chi connectivity index (χ1v) is 8.33. The molecule has 0 saturated heterocycles. The predicted octanol–water partition coefficient (Wildman–Crippen LogP) is 3.67. The largest absolute Gasteiger partial charge is 0.493 e. The third kappa shape index (κ3) is 7.55. The van der Waals surface area contributed by atoms with E-state index in [1.165, 1.54) is 0 Å². The second-order valence-corrected chi connectivity index (χ2v) is 6.18. The molecule has 0 heterocycles. The maximum absolute atomic E-state index is 12.1. The summed E-state index contributed by atoms with van der Waals surface area (Å²) in [6.45, 7) is 7.25. The van der Waals surface area contributed by atoms with Gasteiger partial charge in [-0.2, -0.15) is 0 Å². The Balaban J connectivity index is 2.59. The van der Waals surface area contributed by atoms with Crippen LogP contribution in [0, 0.1) is 5.92 Å². The number of anilines is 1. The highest BCUT2D eigenvalue weighted by Crippen LogP contribution is 2.30. The van der Waals surface area contributed by atoms with Crippen LogP contribution in [0.15, 0.2) is 18.2 Å². The standard InChI is InChI=1S/C18H30N2O4/c1-13(2)6-7-14(3)19-18(21)20-15-8-9-16(23-5)17(12-15)24-11-10-22-4/h8-9,12-14H,6-7,10-11H2,1-5H3,(H2,19,20,21). The summed E-state index contributed by atoms with van der Waals surface area (Å²) < 4.78 is 15.8. The fourth-order valence-electron chi connectivity index (χ4n) is 2.15. The summed E-state index contributed by atoms with van der Waals surface area (Å²) in [6.07, 6.45) is 2.04. The topological polar surface area (TPSA) is 68.8 Å². The molecule has 2 N–H and O–H groups in total. The molecule has 0 spiro atoms. The summed E-state index contributed by atoms with van der Waals surface area (Å²) in [7, 11) is 3.19. The number of hydrogen-bond donors (Lipinski definition) is 2. The van der Waals surface area contributed by atoms with Gasteiger partial charge in [0.1, 0.15) is 6.61 Å². The maximum Gasteiger partial charge on any atom is 0.319 e. The molecule has 1 aromatic rings. The van der Waals surface area contributed by atoms with Crippen molar-refractivity contribution in [1.29, 1.82) is 0 Å². The molecule has 6 nitrogen and oxygen atoms in total. The van der Waals surface area contributed by atoms with Crippen LogP contribution in [0.3, 0.4) is 0 Å². The van der Waals surface area contributed by atoms with Crippen LogP contribution in [-0.2, 0) is 4.74 Å². The van der Waals surface area contributed by atoms with Crippen molar-refractivity contribution in [2.24, 2.45) is 5.92 Å². The van der Waals surface area contributed by atoms with Gasteiger partial charge in [-0.25, -0.2) is 4.79 Å². The first kappa shape index (κ1) is 20.1. The van der Waals surface area contributed by atoms with Gasteiger partial charge in [0, 0.05) is 24.9 Å². The van der Waals surface area contributed by atoms with Gasteiger partial charge >= 0.3 is 6.03 Å². The Morgan fingerprint density at radius 2 is 1.83 bits per heavy atom. The zero-order valence-electron chi connectivity index (χ0n) is 15.3. The predicted molar refractivity (Wildman–Crippen MR) is 96.1 cm³/mol. The molecule has 0 saturated carbocycles. The van der Waals surface area contributed by atoms with E-state index in [4.69, 9.17) is 14.2 Å². The lowest BCUT2D eigenvalue weighted by Gasteiger charge is -2.16. The van der Waals surface area contributed by atoms with Crippen molar-refractivity contribution < 1.29 is 19.0 Å². The van der Waals surface area contributed by atoms with E-state index in [9.17, 15) is 4.79 Å². The molecule has 0 aliphatic heterocycles. The summed E-state index contributed by atoms with van der Waals surface area (Å²) in [5, 5.41) is 5.77. The van der Waals surface area contributed by atoms with Crippen molar-refractivity contribution in [1.82, 2.24) is 5.32 Å². The number of carbonyl (C=O) groups excluding carboxylic acids is 1. The van der Waals surface area contributed by atoms with Crippen LogP contribution in [0.25, 0.3) is 0 Å². The van der Waals surface area contributed by atoms with Gasteiger partial charge in [0.2, 0.25) is 0 Å². The number of urea groups is 1. The molecule has 1 unspecified atom stereocenters. The Kier molecular flexibility index (Phi) is 9.01. The van der Waals surface area contributed by atoms with Gasteiger partial charge in [0.05, 0.1) is 13.7 Å². The van der Waals surface area contributed by atoms with Gasteiger partial charge < -0.3 is 24.8 Å². The van der Waals surface area contributed by atoms with Crippen molar-refractivity contribution in [2.45, 2.75) is 39.7 Å². The highest BCUT2D eigenvalue weighted by Gasteiger charge is 2.11. The lowest BCUT2D eigenvalue weighted by atomic mass is 10.0. The minimum atomic E-state index is -0.223. The molecule has 2 amide bonds. The molecule has 0 radical (unpaired) electrons. The van der Waals surface area contributed by atoms with Gasteiger partial charge in [-0.15, -0.1) is 0 Å². The molecule has 1 rings (SSSR count). The smallest absolute Gasteiger partial charge is 0.319 e. The van der Waals surface area contributed by atoms with E-state index in [1.54, 1.807) is 32.4 Å². The first-order valence-electron chi connectivity index (χ1n) is 8.33. The highest BCUT2D eigenvalue weighted by atomic mass is 16.5. The molecule has 0 aromatic heterocycles. The SMILES string of the molecule is COCCOc1cc(NC(=O)NC(C)CCC(C)C)ccc1OC. The molecule has 136 valence electrons. The molecule has 1 aromatic carbocycles. The van der Waals surface area contributed by atoms with Crippen molar-refractivity contribution in [3.63, 3.8) is 0 Å². The monoisotopic (exact) mass is 338 g/mol. The molecule has 1 atom stereocenters. The van der Waals surface area contributed by atoms with Crippen LogP contribution in [-0.4, -0.2) is 39.5 Å². The van der Waals surface area contributed by atoms with E-state index in [0.717, 1.165) is 12.8 Å². The second kappa shape index (κ2) is 10.8. The van der Waals surface area contributed by atoms with E-state index in [2.05, 4.69) is 24.5 Å². The van der Waals surface area contributed by atoms with Gasteiger partial charge in [-0.05, 0) is 37.8 Å². The number of amides is 2. The number of nitrogens with one attached hydrogen (secondary N) is 2. The molecular weight excluding hydrogens is 308 g/mol. The molecule has 0 aliphatic carbocycles. The summed E-state index contributed by atoms with van der Waals surface area (Å²) in [4.78, 5) is 12.1. The molecule has 0 bridgehead atoms. The molecule has 0 aliphatic rings. The fraction of sp³-hybridized carbons (Fsp3) is 0.611. The van der Waals surface area contributed by atoms with Gasteiger partial charge in [0.25, 0.3) is 0 Å². The fourth-order valence-corrected chi connectivity index (χ4v) is 2.15. The number of methoxy groups -OCH3 is 2. The van der Waals surface area contributed by atoms with Gasteiger partial charge in [-0.1, -0.05) is 13.8 Å². The average molecular weight is 338 g/mol. The zero-order valence-corrected chi connectivity index (χ0v) is 15.3. The summed E-state index contributed by atoms with van der Waals surface area (Å²) in [5.41, 5.74) is 0.650. The van der Waals surface area contributed by atoms with Crippen LogP contribution >= 0.6 is 0 Å². The summed E-state index contributed by atoms with van der Waals surface area (Å²) >= 11 is 0. The van der Waals surface area contributed by atoms with Crippen LogP contribution in [0.2, 0.25) is 0 Å². The van der Waals surface area contributed by atoms with E-state index >= 15 is 0 Å². The third-order valence-corrected chi connectivity index (χ3v) is 3.52.